The summed E-state index contributed by atoms with van der Waals surface area (Å²) >= 11 is 0. The van der Waals surface area contributed by atoms with E-state index in [2.05, 4.69) is 24.2 Å². The summed E-state index contributed by atoms with van der Waals surface area (Å²) in [6, 6.07) is 10.5. The summed E-state index contributed by atoms with van der Waals surface area (Å²) in [6.07, 6.45) is 3.62. The van der Waals surface area contributed by atoms with Crippen LogP contribution in [0.3, 0.4) is 0 Å². The molecular weight excluding hydrogens is 188 g/mol. The Kier molecular flexibility index (Phi) is 2.72. The third-order valence-corrected chi connectivity index (χ3v) is 2.49. The van der Waals surface area contributed by atoms with Gasteiger partial charge in [-0.2, -0.15) is 5.10 Å². The molecule has 1 aromatic carbocycles. The number of methoxy groups -OCH3 is 1. The molecule has 1 heterocycles. The van der Waals surface area contributed by atoms with Gasteiger partial charge in [-0.05, 0) is 12.5 Å². The standard InChI is InChI=1S/C12H14N2O/c1-10(11-6-4-3-5-7-11)14-9-12(15-2)8-13-14/h3-10H,1-2H3. The van der Waals surface area contributed by atoms with Gasteiger partial charge in [-0.25, -0.2) is 0 Å². The number of hydrogen-bond acceptors (Lipinski definition) is 2. The minimum atomic E-state index is 0.232. The van der Waals surface area contributed by atoms with Gasteiger partial charge >= 0.3 is 0 Å². The van der Waals surface area contributed by atoms with Gasteiger partial charge in [0.15, 0.2) is 5.75 Å². The van der Waals surface area contributed by atoms with Crippen molar-refractivity contribution in [3.63, 3.8) is 0 Å². The molecule has 2 rings (SSSR count). The molecule has 0 aliphatic carbocycles. The van der Waals surface area contributed by atoms with Gasteiger partial charge in [0.2, 0.25) is 0 Å². The lowest BCUT2D eigenvalue weighted by atomic mass is 10.1. The molecule has 0 fully saturated rings. The van der Waals surface area contributed by atoms with Crippen molar-refractivity contribution in [3.05, 3.63) is 48.3 Å². The van der Waals surface area contributed by atoms with Crippen molar-refractivity contribution in [1.29, 1.82) is 0 Å². The lowest BCUT2D eigenvalue weighted by molar-refractivity contribution is 0.413. The largest absolute Gasteiger partial charge is 0.493 e. The minimum Gasteiger partial charge on any atom is -0.493 e. The van der Waals surface area contributed by atoms with Crippen LogP contribution in [0.2, 0.25) is 0 Å². The molecule has 0 radical (unpaired) electrons. The molecule has 0 saturated heterocycles. The molecule has 0 bridgehead atoms. The quantitative estimate of drug-likeness (QED) is 0.764. The zero-order chi connectivity index (χ0) is 10.7. The molecular formula is C12H14N2O. The van der Waals surface area contributed by atoms with E-state index in [4.69, 9.17) is 4.74 Å². The fourth-order valence-electron chi connectivity index (χ4n) is 1.52. The molecule has 0 N–H and O–H groups in total. The summed E-state index contributed by atoms with van der Waals surface area (Å²) in [7, 11) is 1.65. The summed E-state index contributed by atoms with van der Waals surface area (Å²) in [6.45, 7) is 2.11. The van der Waals surface area contributed by atoms with E-state index in [1.165, 1.54) is 5.56 Å². The van der Waals surface area contributed by atoms with Crippen LogP contribution in [0.5, 0.6) is 5.75 Å². The minimum absolute atomic E-state index is 0.232. The van der Waals surface area contributed by atoms with Crippen LogP contribution in [0, 0.1) is 0 Å². The van der Waals surface area contributed by atoms with Gasteiger partial charge < -0.3 is 4.74 Å². The highest BCUT2D eigenvalue weighted by molar-refractivity contribution is 5.20. The van der Waals surface area contributed by atoms with E-state index in [0.717, 1.165) is 5.75 Å². The fraction of sp³-hybridized carbons (Fsp3) is 0.250. The zero-order valence-corrected chi connectivity index (χ0v) is 8.92. The summed E-state index contributed by atoms with van der Waals surface area (Å²) in [5.41, 5.74) is 1.24. The van der Waals surface area contributed by atoms with Crippen molar-refractivity contribution in [1.82, 2.24) is 9.78 Å². The summed E-state index contributed by atoms with van der Waals surface area (Å²) in [5.74, 6) is 0.790. The maximum Gasteiger partial charge on any atom is 0.156 e. The Hall–Kier alpha value is -1.77. The molecule has 1 unspecified atom stereocenters. The molecule has 0 aliphatic heterocycles. The first kappa shape index (κ1) is 9.77. The first-order valence-electron chi connectivity index (χ1n) is 4.94. The van der Waals surface area contributed by atoms with Crippen LogP contribution < -0.4 is 4.74 Å². The van der Waals surface area contributed by atoms with Crippen LogP contribution in [0.1, 0.15) is 18.5 Å². The Morgan fingerprint density at radius 2 is 2.00 bits per heavy atom. The van der Waals surface area contributed by atoms with Gasteiger partial charge in [0.25, 0.3) is 0 Å². The lowest BCUT2D eigenvalue weighted by Crippen LogP contribution is -2.06. The van der Waals surface area contributed by atoms with Crippen LogP contribution >= 0.6 is 0 Å². The van der Waals surface area contributed by atoms with Gasteiger partial charge in [0, 0.05) is 0 Å². The van der Waals surface area contributed by atoms with Crippen molar-refractivity contribution in [3.8, 4) is 5.75 Å². The van der Waals surface area contributed by atoms with E-state index in [1.54, 1.807) is 13.3 Å². The predicted molar refractivity (Wildman–Crippen MR) is 59.0 cm³/mol. The number of rotatable bonds is 3. The first-order chi connectivity index (χ1) is 7.31. The maximum atomic E-state index is 5.10. The van der Waals surface area contributed by atoms with E-state index in [1.807, 2.05) is 29.1 Å². The average Bonchev–Trinajstić information content (AvgIpc) is 2.78. The summed E-state index contributed by atoms with van der Waals surface area (Å²) in [4.78, 5) is 0. The maximum absolute atomic E-state index is 5.10. The third kappa shape index (κ3) is 2.01. The van der Waals surface area contributed by atoms with Gasteiger partial charge in [0.1, 0.15) is 0 Å². The first-order valence-corrected chi connectivity index (χ1v) is 4.94. The van der Waals surface area contributed by atoms with Gasteiger partial charge in [-0.3, -0.25) is 4.68 Å². The summed E-state index contributed by atoms with van der Waals surface area (Å²) < 4.78 is 6.99. The molecule has 0 aliphatic rings. The number of nitrogens with zero attached hydrogens (tertiary/aromatic N) is 2. The second-order valence-electron chi connectivity index (χ2n) is 3.45. The molecule has 1 aromatic heterocycles. The average molecular weight is 202 g/mol. The van der Waals surface area contributed by atoms with Crippen molar-refractivity contribution < 1.29 is 4.74 Å². The van der Waals surface area contributed by atoms with E-state index < -0.39 is 0 Å². The van der Waals surface area contributed by atoms with Crippen molar-refractivity contribution in [2.75, 3.05) is 7.11 Å². The number of benzene rings is 1. The predicted octanol–water partition coefficient (Wildman–Crippen LogP) is 2.50. The van der Waals surface area contributed by atoms with E-state index >= 15 is 0 Å². The van der Waals surface area contributed by atoms with Crippen molar-refractivity contribution in [2.45, 2.75) is 13.0 Å². The van der Waals surface area contributed by atoms with Crippen molar-refractivity contribution >= 4 is 0 Å². The van der Waals surface area contributed by atoms with Crippen LogP contribution in [0.15, 0.2) is 42.7 Å². The second-order valence-corrected chi connectivity index (χ2v) is 3.45. The highest BCUT2D eigenvalue weighted by atomic mass is 16.5. The Bertz CT molecular complexity index is 422. The zero-order valence-electron chi connectivity index (χ0n) is 8.92. The molecule has 1 atom stereocenters. The molecule has 0 spiro atoms. The lowest BCUT2D eigenvalue weighted by Gasteiger charge is -2.11. The van der Waals surface area contributed by atoms with E-state index in [-0.39, 0.29) is 6.04 Å². The van der Waals surface area contributed by atoms with Gasteiger partial charge in [0.05, 0.1) is 25.5 Å². The Morgan fingerprint density at radius 1 is 1.27 bits per heavy atom. The second kappa shape index (κ2) is 4.17. The van der Waals surface area contributed by atoms with Crippen LogP contribution in [-0.4, -0.2) is 16.9 Å². The number of aromatic nitrogens is 2. The van der Waals surface area contributed by atoms with Gasteiger partial charge in [-0.15, -0.1) is 0 Å². The fourth-order valence-corrected chi connectivity index (χ4v) is 1.52. The third-order valence-electron chi connectivity index (χ3n) is 2.49. The van der Waals surface area contributed by atoms with E-state index in [0.29, 0.717) is 0 Å². The number of hydrogen-bond donors (Lipinski definition) is 0. The molecule has 0 amide bonds. The van der Waals surface area contributed by atoms with Crippen LogP contribution in [-0.2, 0) is 0 Å². The molecule has 15 heavy (non-hydrogen) atoms. The molecule has 78 valence electrons. The normalized spacial score (nSPS) is 12.4. The van der Waals surface area contributed by atoms with Crippen LogP contribution in [0.25, 0.3) is 0 Å². The summed E-state index contributed by atoms with van der Waals surface area (Å²) in [5, 5.41) is 4.25. The Morgan fingerprint density at radius 3 is 2.60 bits per heavy atom. The molecule has 3 heteroatoms. The van der Waals surface area contributed by atoms with Crippen molar-refractivity contribution in [2.24, 2.45) is 0 Å². The monoisotopic (exact) mass is 202 g/mol. The topological polar surface area (TPSA) is 27.1 Å². The number of ether oxygens (including phenoxy) is 1. The Balaban J connectivity index is 2.24. The highest BCUT2D eigenvalue weighted by Crippen LogP contribution is 2.18. The molecule has 2 aromatic rings. The smallest absolute Gasteiger partial charge is 0.156 e. The van der Waals surface area contributed by atoms with Crippen LogP contribution in [0.4, 0.5) is 0 Å². The SMILES string of the molecule is COc1cnn(C(C)c2ccccc2)c1. The van der Waals surface area contributed by atoms with Gasteiger partial charge in [-0.1, -0.05) is 30.3 Å². The Labute approximate surface area is 89.3 Å². The highest BCUT2D eigenvalue weighted by Gasteiger charge is 2.08. The molecule has 0 saturated carbocycles. The molecule has 3 nitrogen and oxygen atoms in total. The van der Waals surface area contributed by atoms with E-state index in [9.17, 15) is 0 Å².